The van der Waals surface area contributed by atoms with Crippen LogP contribution >= 0.6 is 0 Å². The topological polar surface area (TPSA) is 96.5 Å². The van der Waals surface area contributed by atoms with Crippen molar-refractivity contribution in [3.05, 3.63) is 48.5 Å². The van der Waals surface area contributed by atoms with E-state index in [-0.39, 0.29) is 10.8 Å². The largest absolute Gasteiger partial charge is 0.497 e. The lowest BCUT2D eigenvalue weighted by atomic mass is 10.3. The summed E-state index contributed by atoms with van der Waals surface area (Å²) in [6.45, 7) is 1.38. The van der Waals surface area contributed by atoms with Crippen LogP contribution in [0.4, 0.5) is 11.4 Å². The fourth-order valence-electron chi connectivity index (χ4n) is 1.78. The van der Waals surface area contributed by atoms with Gasteiger partial charge in [-0.2, -0.15) is 0 Å². The van der Waals surface area contributed by atoms with E-state index in [1.165, 1.54) is 31.2 Å². The van der Waals surface area contributed by atoms with Gasteiger partial charge in [0.1, 0.15) is 5.75 Å². The molecular formula is C15H17N3O4S. The fourth-order valence-corrected chi connectivity index (χ4v) is 2.64. The Morgan fingerprint density at radius 2 is 1.52 bits per heavy atom. The molecule has 7 nitrogen and oxygen atoms in total. The Labute approximate surface area is 134 Å². The zero-order chi connectivity index (χ0) is 16.9. The Hall–Kier alpha value is -2.58. The van der Waals surface area contributed by atoms with E-state index >= 15 is 0 Å². The summed E-state index contributed by atoms with van der Waals surface area (Å²) in [5.41, 5.74) is 3.72. The number of sulfonamides is 1. The Kier molecular flexibility index (Phi) is 5.20. The number of anilines is 2. The summed E-state index contributed by atoms with van der Waals surface area (Å²) in [5, 5.41) is 2.57. The molecule has 2 aromatic rings. The molecule has 0 radical (unpaired) electrons. The van der Waals surface area contributed by atoms with Gasteiger partial charge in [-0.05, 0) is 48.5 Å². The molecule has 3 N–H and O–H groups in total. The number of nitrogens with one attached hydrogen (secondary N) is 3. The molecule has 23 heavy (non-hydrogen) atoms. The molecule has 2 aromatic carbocycles. The van der Waals surface area contributed by atoms with E-state index in [0.29, 0.717) is 17.1 Å². The van der Waals surface area contributed by atoms with Crippen LogP contribution in [0.1, 0.15) is 6.92 Å². The van der Waals surface area contributed by atoms with Crippen LogP contribution in [-0.2, 0) is 14.8 Å². The first kappa shape index (κ1) is 16.8. The molecule has 0 heterocycles. The molecule has 1 amide bonds. The molecule has 0 fully saturated rings. The minimum atomic E-state index is -3.72. The van der Waals surface area contributed by atoms with E-state index in [4.69, 9.17) is 4.74 Å². The molecule has 0 aliphatic rings. The molecule has 0 unspecified atom stereocenters. The minimum Gasteiger partial charge on any atom is -0.497 e. The predicted molar refractivity (Wildman–Crippen MR) is 87.7 cm³/mol. The van der Waals surface area contributed by atoms with Gasteiger partial charge >= 0.3 is 0 Å². The van der Waals surface area contributed by atoms with E-state index in [9.17, 15) is 13.2 Å². The smallest absolute Gasteiger partial charge is 0.257 e. The van der Waals surface area contributed by atoms with Crippen molar-refractivity contribution in [2.24, 2.45) is 0 Å². The van der Waals surface area contributed by atoms with Crippen molar-refractivity contribution < 1.29 is 17.9 Å². The predicted octanol–water partition coefficient (Wildman–Crippen LogP) is 1.96. The van der Waals surface area contributed by atoms with Crippen LogP contribution in [0.3, 0.4) is 0 Å². The van der Waals surface area contributed by atoms with E-state index in [0.717, 1.165) is 0 Å². The molecule has 0 aliphatic carbocycles. The number of hydrogen-bond acceptors (Lipinski definition) is 5. The van der Waals surface area contributed by atoms with E-state index < -0.39 is 10.0 Å². The SMILES string of the molecule is COc1ccc(NNS(=O)(=O)c2ccc(NC(C)=O)cc2)cc1. The van der Waals surface area contributed by atoms with Gasteiger partial charge in [0.15, 0.2) is 0 Å². The maximum atomic E-state index is 12.2. The van der Waals surface area contributed by atoms with Crippen LogP contribution in [0.5, 0.6) is 5.75 Å². The molecule has 0 spiro atoms. The van der Waals surface area contributed by atoms with Crippen molar-refractivity contribution in [3.63, 3.8) is 0 Å². The molecule has 8 heteroatoms. The van der Waals surface area contributed by atoms with Gasteiger partial charge in [0.25, 0.3) is 10.0 Å². The highest BCUT2D eigenvalue weighted by molar-refractivity contribution is 7.89. The average Bonchev–Trinajstić information content (AvgIpc) is 2.53. The highest BCUT2D eigenvalue weighted by Crippen LogP contribution is 2.16. The molecule has 0 bridgehead atoms. The average molecular weight is 335 g/mol. The Bertz CT molecular complexity index is 771. The van der Waals surface area contributed by atoms with Crippen molar-refractivity contribution >= 4 is 27.3 Å². The summed E-state index contributed by atoms with van der Waals surface area (Å²) in [6, 6.07) is 12.6. The Morgan fingerprint density at radius 3 is 2.04 bits per heavy atom. The summed E-state index contributed by atoms with van der Waals surface area (Å²) < 4.78 is 29.4. The second kappa shape index (κ2) is 7.12. The lowest BCUT2D eigenvalue weighted by molar-refractivity contribution is -0.114. The van der Waals surface area contributed by atoms with E-state index in [1.54, 1.807) is 31.4 Å². The highest BCUT2D eigenvalue weighted by atomic mass is 32.2. The number of carbonyl (C=O) groups is 1. The van der Waals surface area contributed by atoms with Crippen LogP contribution < -0.4 is 20.3 Å². The maximum absolute atomic E-state index is 12.2. The summed E-state index contributed by atoms with van der Waals surface area (Å²) in [6.07, 6.45) is 0. The van der Waals surface area contributed by atoms with E-state index in [1.807, 2.05) is 0 Å². The third-order valence-corrected chi connectivity index (χ3v) is 4.17. The number of ether oxygens (including phenoxy) is 1. The van der Waals surface area contributed by atoms with Gasteiger partial charge in [-0.15, -0.1) is 4.83 Å². The second-order valence-electron chi connectivity index (χ2n) is 4.66. The molecular weight excluding hydrogens is 318 g/mol. The third kappa shape index (κ3) is 4.70. The highest BCUT2D eigenvalue weighted by Gasteiger charge is 2.13. The number of hydrazine groups is 1. The lowest BCUT2D eigenvalue weighted by Gasteiger charge is -2.10. The monoisotopic (exact) mass is 335 g/mol. The number of carbonyl (C=O) groups excluding carboxylic acids is 1. The molecule has 0 aliphatic heterocycles. The summed E-state index contributed by atoms with van der Waals surface area (Å²) >= 11 is 0. The second-order valence-corrected chi connectivity index (χ2v) is 6.35. The summed E-state index contributed by atoms with van der Waals surface area (Å²) in [4.78, 5) is 13.3. The normalized spacial score (nSPS) is 10.9. The van der Waals surface area contributed by atoms with Crippen LogP contribution in [0.2, 0.25) is 0 Å². The minimum absolute atomic E-state index is 0.0765. The van der Waals surface area contributed by atoms with Crippen LogP contribution in [0, 0.1) is 0 Å². The number of benzene rings is 2. The van der Waals surface area contributed by atoms with Crippen LogP contribution in [-0.4, -0.2) is 21.4 Å². The van der Waals surface area contributed by atoms with E-state index in [2.05, 4.69) is 15.6 Å². The molecule has 0 atom stereocenters. The van der Waals surface area contributed by atoms with Crippen molar-refractivity contribution in [3.8, 4) is 5.75 Å². The molecule has 2 rings (SSSR count). The quantitative estimate of drug-likeness (QED) is 0.701. The van der Waals surface area contributed by atoms with Crippen molar-refractivity contribution in [2.75, 3.05) is 17.9 Å². The zero-order valence-corrected chi connectivity index (χ0v) is 13.5. The summed E-state index contributed by atoms with van der Waals surface area (Å²) in [7, 11) is -2.17. The Morgan fingerprint density at radius 1 is 0.957 bits per heavy atom. The first-order valence-corrected chi connectivity index (χ1v) is 8.18. The van der Waals surface area contributed by atoms with Crippen LogP contribution in [0.15, 0.2) is 53.4 Å². The molecule has 122 valence electrons. The lowest BCUT2D eigenvalue weighted by Crippen LogP contribution is -2.29. The van der Waals surface area contributed by atoms with Crippen molar-refractivity contribution in [2.45, 2.75) is 11.8 Å². The Balaban J connectivity index is 2.04. The van der Waals surface area contributed by atoms with Crippen LogP contribution in [0.25, 0.3) is 0 Å². The molecule has 0 aromatic heterocycles. The first-order valence-electron chi connectivity index (χ1n) is 6.70. The number of rotatable bonds is 6. The zero-order valence-electron chi connectivity index (χ0n) is 12.7. The summed E-state index contributed by atoms with van der Waals surface area (Å²) in [5.74, 6) is 0.451. The molecule has 0 saturated carbocycles. The first-order chi connectivity index (χ1) is 10.9. The number of methoxy groups -OCH3 is 1. The number of amides is 1. The van der Waals surface area contributed by atoms with Crippen molar-refractivity contribution in [1.82, 2.24) is 4.83 Å². The maximum Gasteiger partial charge on any atom is 0.257 e. The number of hydrogen-bond donors (Lipinski definition) is 3. The van der Waals surface area contributed by atoms with Gasteiger partial charge in [0.05, 0.1) is 17.7 Å². The van der Waals surface area contributed by atoms with Gasteiger partial charge in [-0.1, -0.05) is 0 Å². The van der Waals surface area contributed by atoms with Gasteiger partial charge in [-0.3, -0.25) is 4.79 Å². The standard InChI is InChI=1S/C15H17N3O4S/c1-11(19)16-12-5-9-15(10-6-12)23(20,21)18-17-13-3-7-14(22-2)8-4-13/h3-10,17-18H,1-2H3,(H,16,19). The van der Waals surface area contributed by atoms with Gasteiger partial charge in [0, 0.05) is 12.6 Å². The third-order valence-electron chi connectivity index (χ3n) is 2.90. The molecule has 0 saturated heterocycles. The van der Waals surface area contributed by atoms with Gasteiger partial charge < -0.3 is 15.5 Å². The van der Waals surface area contributed by atoms with Gasteiger partial charge in [-0.25, -0.2) is 8.42 Å². The fraction of sp³-hybridized carbons (Fsp3) is 0.133. The van der Waals surface area contributed by atoms with Crippen molar-refractivity contribution in [1.29, 1.82) is 0 Å². The van der Waals surface area contributed by atoms with Gasteiger partial charge in [0.2, 0.25) is 5.91 Å².